The number of hydrogen-bond donors (Lipinski definition) is 0. The third-order valence-electron chi connectivity index (χ3n) is 2.34. The van der Waals surface area contributed by atoms with E-state index in [1.807, 2.05) is 41.1 Å². The maximum absolute atomic E-state index is 4.52. The van der Waals surface area contributed by atoms with Gasteiger partial charge in [0.1, 0.15) is 5.82 Å². The molecule has 0 atom stereocenters. The first-order chi connectivity index (χ1) is 7.45. The number of benzene rings is 1. The molecule has 0 radical (unpaired) electrons. The van der Waals surface area contributed by atoms with Gasteiger partial charge in [0.25, 0.3) is 0 Å². The molecule has 0 amide bonds. The molecule has 1 aromatic carbocycles. The molecule has 3 heteroatoms. The van der Waals surface area contributed by atoms with Crippen LogP contribution in [0.1, 0.15) is 5.82 Å². The van der Waals surface area contributed by atoms with Gasteiger partial charge in [-0.1, -0.05) is 12.1 Å². The summed E-state index contributed by atoms with van der Waals surface area (Å²) in [6, 6.07) is 8.06. The number of para-hydroxylation sites is 2. The molecular weight excluding hydrogens is 186 g/mol. The first-order valence-corrected chi connectivity index (χ1v) is 4.79. The van der Waals surface area contributed by atoms with Gasteiger partial charge >= 0.3 is 0 Å². The number of fused-ring (bicyclic) bond motifs is 3. The van der Waals surface area contributed by atoms with Gasteiger partial charge < -0.3 is 0 Å². The second kappa shape index (κ2) is 3.20. The van der Waals surface area contributed by atoms with Crippen molar-refractivity contribution in [2.75, 3.05) is 0 Å². The number of aliphatic imine (C=N–C) groups is 1. The minimum atomic E-state index is 0.929. The lowest BCUT2D eigenvalue weighted by molar-refractivity contribution is 1.13. The van der Waals surface area contributed by atoms with E-state index in [0.29, 0.717) is 0 Å². The van der Waals surface area contributed by atoms with Gasteiger partial charge in [-0.3, -0.25) is 9.56 Å². The van der Waals surface area contributed by atoms with Gasteiger partial charge in [0.2, 0.25) is 0 Å². The highest BCUT2D eigenvalue weighted by Gasteiger charge is 2.05. The number of rotatable bonds is 0. The zero-order chi connectivity index (χ0) is 10.1. The van der Waals surface area contributed by atoms with Crippen molar-refractivity contribution in [3.63, 3.8) is 0 Å². The zero-order valence-electron chi connectivity index (χ0n) is 8.04. The molecule has 15 heavy (non-hydrogen) atoms. The minimum absolute atomic E-state index is 0.929. The summed E-state index contributed by atoms with van der Waals surface area (Å²) in [4.78, 5) is 8.59. The Balaban J connectivity index is 2.36. The highest BCUT2D eigenvalue weighted by molar-refractivity contribution is 5.84. The largest absolute Gasteiger partial charge is 0.298 e. The van der Waals surface area contributed by atoms with E-state index in [1.54, 1.807) is 12.4 Å². The van der Waals surface area contributed by atoms with Crippen LogP contribution in [-0.4, -0.2) is 15.8 Å². The van der Waals surface area contributed by atoms with Crippen molar-refractivity contribution < 1.29 is 0 Å². The highest BCUT2D eigenvalue weighted by Crippen LogP contribution is 2.17. The van der Waals surface area contributed by atoms with Crippen molar-refractivity contribution in [1.29, 1.82) is 0 Å². The Labute approximate surface area is 87.1 Å². The first kappa shape index (κ1) is 8.17. The van der Waals surface area contributed by atoms with E-state index in [4.69, 9.17) is 0 Å². The molecule has 3 nitrogen and oxygen atoms in total. The molecule has 72 valence electrons. The molecule has 0 aliphatic carbocycles. The number of nitrogens with zero attached hydrogens (tertiary/aromatic N) is 3. The van der Waals surface area contributed by atoms with Crippen LogP contribution in [0.25, 0.3) is 23.3 Å². The molecule has 2 aromatic rings. The molecular formula is C12H9N3. The van der Waals surface area contributed by atoms with Gasteiger partial charge in [0, 0.05) is 18.6 Å². The van der Waals surface area contributed by atoms with Gasteiger partial charge in [0.15, 0.2) is 0 Å². The van der Waals surface area contributed by atoms with Crippen molar-refractivity contribution in [1.82, 2.24) is 9.55 Å². The summed E-state index contributed by atoms with van der Waals surface area (Å²) < 4.78 is 2.03. The summed E-state index contributed by atoms with van der Waals surface area (Å²) in [6.45, 7) is 0. The topological polar surface area (TPSA) is 30.2 Å². The van der Waals surface area contributed by atoms with Gasteiger partial charge in [0.05, 0.1) is 11.0 Å². The van der Waals surface area contributed by atoms with Gasteiger partial charge in [-0.2, -0.15) is 0 Å². The van der Waals surface area contributed by atoms with Crippen LogP contribution < -0.4 is 0 Å². The summed E-state index contributed by atoms with van der Waals surface area (Å²) in [7, 11) is 0. The quantitative estimate of drug-likeness (QED) is 0.635. The molecule has 1 aliphatic rings. The van der Waals surface area contributed by atoms with Crippen molar-refractivity contribution in [2.24, 2.45) is 4.99 Å². The Bertz CT molecular complexity index is 588. The predicted octanol–water partition coefficient (Wildman–Crippen LogP) is 2.56. The van der Waals surface area contributed by atoms with E-state index in [9.17, 15) is 0 Å². The predicted molar refractivity (Wildman–Crippen MR) is 62.6 cm³/mol. The second-order valence-corrected chi connectivity index (χ2v) is 3.28. The fourth-order valence-corrected chi connectivity index (χ4v) is 1.67. The van der Waals surface area contributed by atoms with Crippen molar-refractivity contribution in [3.05, 3.63) is 42.4 Å². The van der Waals surface area contributed by atoms with Crippen LogP contribution in [-0.2, 0) is 0 Å². The van der Waals surface area contributed by atoms with Crippen molar-refractivity contribution in [2.45, 2.75) is 0 Å². The van der Waals surface area contributed by atoms with Gasteiger partial charge in [-0.15, -0.1) is 0 Å². The summed E-state index contributed by atoms with van der Waals surface area (Å²) in [5, 5.41) is 0. The zero-order valence-corrected chi connectivity index (χ0v) is 8.04. The van der Waals surface area contributed by atoms with E-state index in [2.05, 4.69) is 16.0 Å². The Morgan fingerprint density at radius 2 is 2.07 bits per heavy atom. The molecule has 0 unspecified atom stereocenters. The summed E-state index contributed by atoms with van der Waals surface area (Å²) in [5.41, 5.74) is 2.11. The molecule has 1 aliphatic heterocycles. The van der Waals surface area contributed by atoms with Crippen LogP contribution in [0.4, 0.5) is 0 Å². The van der Waals surface area contributed by atoms with E-state index in [-0.39, 0.29) is 0 Å². The molecule has 0 bridgehead atoms. The fraction of sp³-hybridized carbons (Fsp3) is 0. The molecule has 0 saturated carbocycles. The number of aromatic nitrogens is 2. The number of imidazole rings is 1. The fourth-order valence-electron chi connectivity index (χ4n) is 1.67. The second-order valence-electron chi connectivity index (χ2n) is 3.28. The van der Waals surface area contributed by atoms with E-state index in [1.165, 1.54) is 0 Å². The molecule has 0 N–H and O–H groups in total. The van der Waals surface area contributed by atoms with E-state index < -0.39 is 0 Å². The van der Waals surface area contributed by atoms with Gasteiger partial charge in [-0.05, 0) is 24.3 Å². The third kappa shape index (κ3) is 1.29. The number of allylic oxidation sites excluding steroid dienone is 1. The average molecular weight is 195 g/mol. The van der Waals surface area contributed by atoms with Crippen LogP contribution >= 0.6 is 0 Å². The maximum atomic E-state index is 4.52. The third-order valence-corrected chi connectivity index (χ3v) is 2.34. The summed E-state index contributed by atoms with van der Waals surface area (Å²) >= 11 is 0. The molecule has 1 aromatic heterocycles. The standard InChI is InChI=1S/C12H9N3/c1-2-5-11-10(4-1)14-12-6-3-7-13-8-9-15(11)12/h1-9H. The van der Waals surface area contributed by atoms with Crippen LogP contribution in [0.2, 0.25) is 0 Å². The smallest absolute Gasteiger partial charge is 0.138 e. The van der Waals surface area contributed by atoms with Crippen LogP contribution in [0.5, 0.6) is 0 Å². The van der Waals surface area contributed by atoms with Gasteiger partial charge in [-0.25, -0.2) is 4.98 Å². The van der Waals surface area contributed by atoms with Crippen LogP contribution in [0.3, 0.4) is 0 Å². The molecule has 2 heterocycles. The normalized spacial score (nSPS) is 13.9. The Hall–Kier alpha value is -2.16. The lowest BCUT2D eigenvalue weighted by Crippen LogP contribution is -1.90. The van der Waals surface area contributed by atoms with Crippen molar-refractivity contribution in [3.8, 4) is 0 Å². The summed E-state index contributed by atoms with van der Waals surface area (Å²) in [6.07, 6.45) is 9.28. The van der Waals surface area contributed by atoms with Crippen LogP contribution in [0, 0.1) is 0 Å². The van der Waals surface area contributed by atoms with Crippen molar-refractivity contribution >= 4 is 29.5 Å². The number of hydrogen-bond acceptors (Lipinski definition) is 2. The Morgan fingerprint density at radius 3 is 3.07 bits per heavy atom. The lowest BCUT2D eigenvalue weighted by atomic mass is 10.3. The summed E-state index contributed by atoms with van der Waals surface area (Å²) in [5.74, 6) is 0.929. The Morgan fingerprint density at radius 1 is 1.13 bits per heavy atom. The monoisotopic (exact) mass is 195 g/mol. The van der Waals surface area contributed by atoms with Crippen LogP contribution in [0.15, 0.2) is 41.5 Å². The molecule has 0 spiro atoms. The SMILES string of the molecule is C1=Cc2nc3ccccc3n2C=CN=C1. The Kier molecular flexibility index (Phi) is 1.75. The van der Waals surface area contributed by atoms with E-state index in [0.717, 1.165) is 16.9 Å². The lowest BCUT2D eigenvalue weighted by Gasteiger charge is -1.99. The van der Waals surface area contributed by atoms with E-state index >= 15 is 0 Å². The molecule has 0 saturated heterocycles. The molecule has 3 rings (SSSR count). The maximum Gasteiger partial charge on any atom is 0.138 e. The first-order valence-electron chi connectivity index (χ1n) is 4.79. The average Bonchev–Trinajstić information content (AvgIpc) is 2.55. The minimum Gasteiger partial charge on any atom is -0.298 e. The molecule has 0 fully saturated rings. The highest BCUT2D eigenvalue weighted by atomic mass is 15.1.